The fourth-order valence-electron chi connectivity index (χ4n) is 3.81. The number of amides is 1. The average Bonchev–Trinajstić information content (AvgIpc) is 3.30. The number of ether oxygens (including phenoxy) is 1. The molecule has 0 aliphatic carbocycles. The van der Waals surface area contributed by atoms with Crippen LogP contribution in [0.5, 0.6) is 5.75 Å². The number of carbonyl (C=O) groups is 1. The van der Waals surface area contributed by atoms with Crippen molar-refractivity contribution in [3.63, 3.8) is 0 Å². The number of rotatable bonds is 4. The lowest BCUT2D eigenvalue weighted by molar-refractivity contribution is 0.0766. The van der Waals surface area contributed by atoms with Gasteiger partial charge in [-0.05, 0) is 47.5 Å². The largest absolute Gasteiger partial charge is 0.497 e. The summed E-state index contributed by atoms with van der Waals surface area (Å²) in [6, 6.07) is 15.9. The van der Waals surface area contributed by atoms with Crippen molar-refractivity contribution >= 4 is 17.9 Å². The molecule has 0 bridgehead atoms. The van der Waals surface area contributed by atoms with Crippen LogP contribution in [-0.2, 0) is 13.1 Å². The van der Waals surface area contributed by atoms with Crippen LogP contribution in [0.2, 0.25) is 0 Å². The number of nitrogens with one attached hydrogen (secondary N) is 1. The van der Waals surface area contributed by atoms with E-state index in [2.05, 4.69) is 20.9 Å². The summed E-state index contributed by atoms with van der Waals surface area (Å²) >= 11 is 0. The van der Waals surface area contributed by atoms with Gasteiger partial charge in [0.15, 0.2) is 0 Å². The van der Waals surface area contributed by atoms with Crippen LogP contribution in [0, 0.1) is 0 Å². The Bertz CT molecular complexity index is 1080. The predicted molar refractivity (Wildman–Crippen MR) is 108 cm³/mol. The van der Waals surface area contributed by atoms with Gasteiger partial charge in [0, 0.05) is 42.3 Å². The Balaban J connectivity index is 1.40. The molecule has 2 aliphatic heterocycles. The van der Waals surface area contributed by atoms with Gasteiger partial charge in [0.1, 0.15) is 18.2 Å². The summed E-state index contributed by atoms with van der Waals surface area (Å²) in [4.78, 5) is 18.9. The lowest BCUT2D eigenvalue weighted by Gasteiger charge is -2.16. The van der Waals surface area contributed by atoms with E-state index in [9.17, 15) is 4.79 Å². The Labute approximate surface area is 163 Å². The Morgan fingerprint density at radius 3 is 2.82 bits per heavy atom. The maximum atomic E-state index is 12.8. The van der Waals surface area contributed by atoms with E-state index in [0.29, 0.717) is 19.8 Å². The van der Waals surface area contributed by atoms with Crippen LogP contribution in [0.3, 0.4) is 0 Å². The van der Waals surface area contributed by atoms with E-state index in [1.807, 2.05) is 59.8 Å². The third-order valence-electron chi connectivity index (χ3n) is 5.26. The van der Waals surface area contributed by atoms with Gasteiger partial charge < -0.3 is 19.5 Å². The van der Waals surface area contributed by atoms with Crippen molar-refractivity contribution in [2.24, 2.45) is 4.99 Å². The number of carbonyl (C=O) groups excluding carboxylic acids is 1. The van der Waals surface area contributed by atoms with Gasteiger partial charge in [-0.1, -0.05) is 12.1 Å². The van der Waals surface area contributed by atoms with Gasteiger partial charge in [-0.3, -0.25) is 9.79 Å². The van der Waals surface area contributed by atoms with E-state index in [1.54, 1.807) is 7.11 Å². The van der Waals surface area contributed by atoms with Crippen LogP contribution in [-0.4, -0.2) is 35.4 Å². The molecule has 0 saturated carbocycles. The zero-order valence-electron chi connectivity index (χ0n) is 15.6. The lowest BCUT2D eigenvalue weighted by Crippen LogP contribution is -2.23. The molecule has 0 radical (unpaired) electrons. The zero-order valence-corrected chi connectivity index (χ0v) is 15.6. The first-order valence-electron chi connectivity index (χ1n) is 9.23. The Hall–Kier alpha value is -3.54. The molecule has 3 aromatic rings. The third kappa shape index (κ3) is 2.74. The number of benzene rings is 2. The molecule has 3 heterocycles. The van der Waals surface area contributed by atoms with Gasteiger partial charge in [-0.2, -0.15) is 0 Å². The molecule has 6 nitrogen and oxygen atoms in total. The standard InChI is InChI=1S/C22H20N4O2/c1-28-19-5-2-15(3-6-19)12-25-13-17-10-18(4-7-20(17)22(25)27)26-9-8-16-11-23-14-24-21(16)26/h2-11,24H,12-14H2,1H3. The molecule has 0 atom stereocenters. The Morgan fingerprint density at radius 2 is 2.00 bits per heavy atom. The van der Waals surface area contributed by atoms with Crippen molar-refractivity contribution in [2.45, 2.75) is 13.1 Å². The second-order valence-electron chi connectivity index (χ2n) is 6.99. The number of hydrogen-bond donors (Lipinski definition) is 1. The molecule has 28 heavy (non-hydrogen) atoms. The zero-order chi connectivity index (χ0) is 19.1. The summed E-state index contributed by atoms with van der Waals surface area (Å²) in [5, 5.41) is 3.31. The number of methoxy groups -OCH3 is 1. The van der Waals surface area contributed by atoms with Crippen LogP contribution in [0.1, 0.15) is 27.0 Å². The molecule has 0 saturated heterocycles. The minimum atomic E-state index is 0.0807. The van der Waals surface area contributed by atoms with Crippen molar-refractivity contribution in [1.82, 2.24) is 9.47 Å². The molecule has 5 rings (SSSR count). The van der Waals surface area contributed by atoms with Crippen LogP contribution in [0.25, 0.3) is 5.69 Å². The first-order valence-corrected chi connectivity index (χ1v) is 9.23. The maximum absolute atomic E-state index is 12.8. The van der Waals surface area contributed by atoms with E-state index in [1.165, 1.54) is 0 Å². The van der Waals surface area contributed by atoms with Gasteiger partial charge >= 0.3 is 0 Å². The van der Waals surface area contributed by atoms with Crippen LogP contribution >= 0.6 is 0 Å². The van der Waals surface area contributed by atoms with Crippen molar-refractivity contribution in [3.05, 3.63) is 77.0 Å². The normalized spacial score (nSPS) is 14.6. The van der Waals surface area contributed by atoms with E-state index >= 15 is 0 Å². The number of anilines is 1. The molecule has 2 aliphatic rings. The number of aliphatic imine (C=N–C) groups is 1. The molecule has 0 unspecified atom stereocenters. The monoisotopic (exact) mass is 372 g/mol. The highest BCUT2D eigenvalue weighted by Gasteiger charge is 2.28. The van der Waals surface area contributed by atoms with Crippen LogP contribution in [0.4, 0.5) is 5.82 Å². The van der Waals surface area contributed by atoms with Gasteiger partial charge in [0.25, 0.3) is 5.91 Å². The SMILES string of the molecule is COc1ccc(CN2Cc3cc(-n4ccc5c4NCN=C5)ccc3C2=O)cc1. The second-order valence-corrected chi connectivity index (χ2v) is 6.99. The second kappa shape index (κ2) is 6.56. The average molecular weight is 372 g/mol. The fourth-order valence-corrected chi connectivity index (χ4v) is 3.81. The molecular formula is C22H20N4O2. The molecule has 1 N–H and O–H groups in total. The number of fused-ring (bicyclic) bond motifs is 2. The molecule has 6 heteroatoms. The lowest BCUT2D eigenvalue weighted by atomic mass is 10.1. The molecule has 1 aromatic heterocycles. The van der Waals surface area contributed by atoms with E-state index in [4.69, 9.17) is 4.74 Å². The Kier molecular flexibility index (Phi) is 3.90. The van der Waals surface area contributed by atoms with E-state index in [-0.39, 0.29) is 5.91 Å². The summed E-state index contributed by atoms with van der Waals surface area (Å²) < 4.78 is 7.31. The van der Waals surface area contributed by atoms with Gasteiger partial charge in [0.2, 0.25) is 0 Å². The fraction of sp³-hybridized carbons (Fsp3) is 0.182. The summed E-state index contributed by atoms with van der Waals surface area (Å²) in [6.07, 6.45) is 3.92. The quantitative estimate of drug-likeness (QED) is 0.763. The highest BCUT2D eigenvalue weighted by Crippen LogP contribution is 2.29. The molecule has 1 amide bonds. The number of hydrogen-bond acceptors (Lipinski definition) is 4. The van der Waals surface area contributed by atoms with Crippen molar-refractivity contribution in [2.75, 3.05) is 19.1 Å². The van der Waals surface area contributed by atoms with Gasteiger partial charge in [-0.15, -0.1) is 0 Å². The van der Waals surface area contributed by atoms with Crippen LogP contribution < -0.4 is 10.1 Å². The number of nitrogens with zero attached hydrogens (tertiary/aromatic N) is 3. The molecule has 0 spiro atoms. The molecule has 140 valence electrons. The molecule has 2 aromatic carbocycles. The van der Waals surface area contributed by atoms with Crippen molar-refractivity contribution < 1.29 is 9.53 Å². The van der Waals surface area contributed by atoms with Crippen molar-refractivity contribution in [1.29, 1.82) is 0 Å². The van der Waals surface area contributed by atoms with Crippen LogP contribution in [0.15, 0.2) is 59.7 Å². The highest BCUT2D eigenvalue weighted by atomic mass is 16.5. The summed E-state index contributed by atoms with van der Waals surface area (Å²) in [6.45, 7) is 1.78. The summed E-state index contributed by atoms with van der Waals surface area (Å²) in [5.74, 6) is 1.93. The number of aromatic nitrogens is 1. The van der Waals surface area contributed by atoms with Gasteiger partial charge in [0.05, 0.1) is 7.11 Å². The predicted octanol–water partition coefficient (Wildman–Crippen LogP) is 3.44. The smallest absolute Gasteiger partial charge is 0.254 e. The van der Waals surface area contributed by atoms with E-state index in [0.717, 1.165) is 39.5 Å². The topological polar surface area (TPSA) is 58.9 Å². The third-order valence-corrected chi connectivity index (χ3v) is 5.26. The van der Waals surface area contributed by atoms with Crippen molar-refractivity contribution in [3.8, 4) is 11.4 Å². The van der Waals surface area contributed by atoms with E-state index < -0.39 is 0 Å². The molecular weight excluding hydrogens is 352 g/mol. The Morgan fingerprint density at radius 1 is 1.14 bits per heavy atom. The summed E-state index contributed by atoms with van der Waals surface area (Å²) in [7, 11) is 1.65. The first-order chi connectivity index (χ1) is 13.7. The maximum Gasteiger partial charge on any atom is 0.254 e. The highest BCUT2D eigenvalue weighted by molar-refractivity contribution is 5.98. The summed E-state index contributed by atoms with van der Waals surface area (Å²) in [5.41, 5.74) is 5.05. The minimum Gasteiger partial charge on any atom is -0.497 e. The van der Waals surface area contributed by atoms with Gasteiger partial charge in [-0.25, -0.2) is 0 Å². The first kappa shape index (κ1) is 16.6. The molecule has 0 fully saturated rings. The minimum absolute atomic E-state index is 0.0807.